The highest BCUT2D eigenvalue weighted by Crippen LogP contribution is 2.29. The van der Waals surface area contributed by atoms with E-state index < -0.39 is 15.4 Å². The zero-order valence-corrected chi connectivity index (χ0v) is 9.27. The number of ether oxygens (including phenoxy) is 1. The maximum atomic E-state index is 11.5. The third-order valence-corrected chi connectivity index (χ3v) is 4.78. The molecule has 2 aliphatic rings. The van der Waals surface area contributed by atoms with E-state index in [1.807, 2.05) is 6.92 Å². The van der Waals surface area contributed by atoms with Crippen LogP contribution >= 0.6 is 0 Å². The van der Waals surface area contributed by atoms with Crippen molar-refractivity contribution in [2.75, 3.05) is 24.6 Å². The second-order valence-corrected chi connectivity index (χ2v) is 6.62. The monoisotopic (exact) mass is 219 g/mol. The lowest BCUT2D eigenvalue weighted by atomic mass is 9.97. The van der Waals surface area contributed by atoms with Crippen LogP contribution in [0.2, 0.25) is 0 Å². The Labute approximate surface area is 84.9 Å². The zero-order chi connectivity index (χ0) is 10.2. The van der Waals surface area contributed by atoms with Crippen molar-refractivity contribution in [2.24, 2.45) is 0 Å². The fraction of sp³-hybridized carbons (Fsp3) is 1.00. The summed E-state index contributed by atoms with van der Waals surface area (Å²) in [4.78, 5) is 0. The molecule has 2 heterocycles. The van der Waals surface area contributed by atoms with Crippen LogP contribution in [0.15, 0.2) is 0 Å². The second-order valence-electron chi connectivity index (χ2n) is 4.44. The highest BCUT2D eigenvalue weighted by molar-refractivity contribution is 7.91. The average Bonchev–Trinajstić information content (AvgIpc) is 2.00. The van der Waals surface area contributed by atoms with Crippen LogP contribution in [-0.2, 0) is 14.6 Å². The second kappa shape index (κ2) is 3.47. The number of hydrogen-bond acceptors (Lipinski definition) is 4. The molecule has 4 nitrogen and oxygen atoms in total. The Morgan fingerprint density at radius 3 is 2.93 bits per heavy atom. The quantitative estimate of drug-likeness (QED) is 0.620. The molecule has 14 heavy (non-hydrogen) atoms. The standard InChI is InChI=1S/C9H17NO3S/c1-8-5-10-6-9(13-8)3-2-4-14(11,12)7-9/h8,10H,2-7H2,1H3. The molecule has 0 aliphatic carbocycles. The minimum atomic E-state index is -2.88. The molecule has 0 aromatic rings. The van der Waals surface area contributed by atoms with Gasteiger partial charge in [-0.25, -0.2) is 8.42 Å². The van der Waals surface area contributed by atoms with Crippen LogP contribution in [0.4, 0.5) is 0 Å². The van der Waals surface area contributed by atoms with Gasteiger partial charge in [0.15, 0.2) is 9.84 Å². The summed E-state index contributed by atoms with van der Waals surface area (Å²) in [6, 6.07) is 0. The van der Waals surface area contributed by atoms with E-state index in [0.717, 1.165) is 19.4 Å². The predicted octanol–water partition coefficient (Wildman–Crippen LogP) is -0.0579. The molecule has 2 aliphatic heterocycles. The Hall–Kier alpha value is -0.130. The van der Waals surface area contributed by atoms with E-state index in [1.54, 1.807) is 0 Å². The normalized spacial score (nSPS) is 42.5. The van der Waals surface area contributed by atoms with Crippen molar-refractivity contribution >= 4 is 9.84 Å². The molecule has 2 rings (SSSR count). The van der Waals surface area contributed by atoms with Crippen LogP contribution in [-0.4, -0.2) is 44.7 Å². The smallest absolute Gasteiger partial charge is 0.153 e. The lowest BCUT2D eigenvalue weighted by molar-refractivity contribution is -0.101. The Bertz CT molecular complexity index is 310. The minimum Gasteiger partial charge on any atom is -0.368 e. The molecule has 1 N–H and O–H groups in total. The molecule has 2 fully saturated rings. The van der Waals surface area contributed by atoms with Gasteiger partial charge in [-0.3, -0.25) is 0 Å². The van der Waals surface area contributed by atoms with Gasteiger partial charge in [0.05, 0.1) is 23.2 Å². The molecule has 82 valence electrons. The fourth-order valence-electron chi connectivity index (χ4n) is 2.41. The summed E-state index contributed by atoms with van der Waals surface area (Å²) < 4.78 is 28.9. The van der Waals surface area contributed by atoms with Gasteiger partial charge in [-0.05, 0) is 19.8 Å². The van der Waals surface area contributed by atoms with Crippen LogP contribution in [0.1, 0.15) is 19.8 Å². The maximum Gasteiger partial charge on any atom is 0.153 e. The third-order valence-electron chi connectivity index (χ3n) is 2.90. The number of morpholine rings is 1. The molecule has 0 radical (unpaired) electrons. The number of hydrogen-bond donors (Lipinski definition) is 1. The highest BCUT2D eigenvalue weighted by atomic mass is 32.2. The van der Waals surface area contributed by atoms with Crippen molar-refractivity contribution < 1.29 is 13.2 Å². The molecule has 2 atom stereocenters. The lowest BCUT2D eigenvalue weighted by Crippen LogP contribution is -2.58. The molecule has 1 spiro atoms. The van der Waals surface area contributed by atoms with Gasteiger partial charge < -0.3 is 10.1 Å². The molecule has 2 unspecified atom stereocenters. The Morgan fingerprint density at radius 2 is 2.29 bits per heavy atom. The van der Waals surface area contributed by atoms with E-state index in [9.17, 15) is 8.42 Å². The summed E-state index contributed by atoms with van der Waals surface area (Å²) in [6.07, 6.45) is 1.72. The molecule has 0 bridgehead atoms. The van der Waals surface area contributed by atoms with E-state index in [0.29, 0.717) is 12.3 Å². The van der Waals surface area contributed by atoms with E-state index in [2.05, 4.69) is 5.32 Å². The van der Waals surface area contributed by atoms with Crippen molar-refractivity contribution in [1.29, 1.82) is 0 Å². The van der Waals surface area contributed by atoms with Gasteiger partial charge in [-0.2, -0.15) is 0 Å². The Balaban J connectivity index is 2.14. The SMILES string of the molecule is CC1CNCC2(CCCS(=O)(=O)C2)O1. The molecule has 0 amide bonds. The summed E-state index contributed by atoms with van der Waals surface area (Å²) in [6.45, 7) is 3.48. The first-order chi connectivity index (χ1) is 6.52. The Morgan fingerprint density at radius 1 is 1.50 bits per heavy atom. The molecule has 2 saturated heterocycles. The summed E-state index contributed by atoms with van der Waals surface area (Å²) in [5.74, 6) is 0.518. The van der Waals surface area contributed by atoms with Gasteiger partial charge in [0.25, 0.3) is 0 Å². The zero-order valence-electron chi connectivity index (χ0n) is 8.45. The van der Waals surface area contributed by atoms with Gasteiger partial charge >= 0.3 is 0 Å². The molecular formula is C9H17NO3S. The average molecular weight is 219 g/mol. The largest absolute Gasteiger partial charge is 0.368 e. The summed E-state index contributed by atoms with van der Waals surface area (Å²) in [5.41, 5.74) is -0.436. The lowest BCUT2D eigenvalue weighted by Gasteiger charge is -2.42. The molecule has 0 aromatic heterocycles. The van der Waals surface area contributed by atoms with Gasteiger partial charge in [-0.15, -0.1) is 0 Å². The van der Waals surface area contributed by atoms with Crippen LogP contribution in [0, 0.1) is 0 Å². The van der Waals surface area contributed by atoms with Crippen molar-refractivity contribution in [3.05, 3.63) is 0 Å². The Kier molecular flexibility index (Phi) is 2.57. The molecule has 5 heteroatoms. The summed E-state index contributed by atoms with van der Waals surface area (Å²) >= 11 is 0. The minimum absolute atomic E-state index is 0.122. The van der Waals surface area contributed by atoms with Crippen molar-refractivity contribution in [3.63, 3.8) is 0 Å². The molecular weight excluding hydrogens is 202 g/mol. The first kappa shape index (κ1) is 10.4. The predicted molar refractivity (Wildman–Crippen MR) is 54.0 cm³/mol. The van der Waals surface area contributed by atoms with Gasteiger partial charge in [0, 0.05) is 13.1 Å². The third kappa shape index (κ3) is 2.10. The first-order valence-corrected chi connectivity index (χ1v) is 6.93. The van der Waals surface area contributed by atoms with Crippen molar-refractivity contribution in [2.45, 2.75) is 31.5 Å². The maximum absolute atomic E-state index is 11.5. The van der Waals surface area contributed by atoms with E-state index in [1.165, 1.54) is 0 Å². The summed E-state index contributed by atoms with van der Waals surface area (Å²) in [5, 5.41) is 3.24. The fourth-order valence-corrected chi connectivity index (χ4v) is 4.25. The van der Waals surface area contributed by atoms with E-state index >= 15 is 0 Å². The van der Waals surface area contributed by atoms with Crippen LogP contribution in [0.3, 0.4) is 0 Å². The number of nitrogens with one attached hydrogen (secondary N) is 1. The molecule has 0 saturated carbocycles. The van der Waals surface area contributed by atoms with E-state index in [-0.39, 0.29) is 11.9 Å². The van der Waals surface area contributed by atoms with Gasteiger partial charge in [-0.1, -0.05) is 0 Å². The van der Waals surface area contributed by atoms with Crippen LogP contribution in [0.25, 0.3) is 0 Å². The van der Waals surface area contributed by atoms with Crippen molar-refractivity contribution in [3.8, 4) is 0 Å². The number of rotatable bonds is 0. The number of sulfone groups is 1. The van der Waals surface area contributed by atoms with Gasteiger partial charge in [0.1, 0.15) is 0 Å². The van der Waals surface area contributed by atoms with Crippen LogP contribution < -0.4 is 5.32 Å². The van der Waals surface area contributed by atoms with Gasteiger partial charge in [0.2, 0.25) is 0 Å². The van der Waals surface area contributed by atoms with E-state index in [4.69, 9.17) is 4.74 Å². The molecule has 0 aromatic carbocycles. The summed E-state index contributed by atoms with van der Waals surface area (Å²) in [7, 11) is -2.88. The van der Waals surface area contributed by atoms with Crippen LogP contribution in [0.5, 0.6) is 0 Å². The first-order valence-electron chi connectivity index (χ1n) is 5.10. The topological polar surface area (TPSA) is 55.4 Å². The van der Waals surface area contributed by atoms with Crippen molar-refractivity contribution in [1.82, 2.24) is 5.32 Å². The highest BCUT2D eigenvalue weighted by Gasteiger charge is 2.42.